The Balaban J connectivity index is 1.83. The van der Waals surface area contributed by atoms with Crippen LogP contribution in [0.2, 0.25) is 5.02 Å². The van der Waals surface area contributed by atoms with Crippen molar-refractivity contribution in [3.8, 4) is 0 Å². The Morgan fingerprint density at radius 1 is 1.33 bits per heavy atom. The number of aromatic nitrogens is 3. The van der Waals surface area contributed by atoms with Gasteiger partial charge in [0.1, 0.15) is 5.01 Å². The number of fused-ring (bicyclic) bond motifs is 1. The Labute approximate surface area is 130 Å². The molecule has 0 aliphatic carbocycles. The van der Waals surface area contributed by atoms with E-state index in [-0.39, 0.29) is 5.56 Å². The molecule has 0 bridgehead atoms. The van der Waals surface area contributed by atoms with E-state index in [9.17, 15) is 4.79 Å². The smallest absolute Gasteiger partial charge is 0.275 e. The van der Waals surface area contributed by atoms with Crippen molar-refractivity contribution in [3.05, 3.63) is 56.4 Å². The van der Waals surface area contributed by atoms with E-state index in [4.69, 9.17) is 11.6 Å². The second kappa shape index (κ2) is 5.83. The number of hydrogen-bond donors (Lipinski definition) is 1. The molecule has 0 aliphatic rings. The highest BCUT2D eigenvalue weighted by Crippen LogP contribution is 2.15. The van der Waals surface area contributed by atoms with Gasteiger partial charge in [-0.3, -0.25) is 4.79 Å². The van der Waals surface area contributed by atoms with Gasteiger partial charge in [-0.1, -0.05) is 29.9 Å². The van der Waals surface area contributed by atoms with Crippen LogP contribution in [0.5, 0.6) is 0 Å². The SMILES string of the molecule is CCc1nn2c(=O)cc(CNc3ccc(Cl)cc3)nc2s1. The molecular weight excluding hydrogens is 308 g/mol. The first kappa shape index (κ1) is 14.0. The summed E-state index contributed by atoms with van der Waals surface area (Å²) in [5, 5.41) is 9.04. The van der Waals surface area contributed by atoms with Gasteiger partial charge in [0.05, 0.1) is 12.2 Å². The number of halogens is 1. The van der Waals surface area contributed by atoms with Crippen molar-refractivity contribution in [1.82, 2.24) is 14.6 Å². The minimum absolute atomic E-state index is 0.149. The van der Waals surface area contributed by atoms with E-state index < -0.39 is 0 Å². The summed E-state index contributed by atoms with van der Waals surface area (Å²) in [6.45, 7) is 2.48. The molecular formula is C14H13ClN4OS. The Hall–Kier alpha value is -1.92. The van der Waals surface area contributed by atoms with Gasteiger partial charge in [-0.2, -0.15) is 9.61 Å². The second-order valence-corrected chi connectivity index (χ2v) is 5.97. The van der Waals surface area contributed by atoms with Gasteiger partial charge in [-0.05, 0) is 30.7 Å². The van der Waals surface area contributed by atoms with Crippen molar-refractivity contribution in [2.45, 2.75) is 19.9 Å². The van der Waals surface area contributed by atoms with E-state index >= 15 is 0 Å². The van der Waals surface area contributed by atoms with Crippen LogP contribution in [0, 0.1) is 0 Å². The first-order chi connectivity index (χ1) is 10.2. The van der Waals surface area contributed by atoms with E-state index in [0.29, 0.717) is 22.2 Å². The molecule has 108 valence electrons. The van der Waals surface area contributed by atoms with Crippen molar-refractivity contribution in [1.29, 1.82) is 0 Å². The average molecular weight is 321 g/mol. The van der Waals surface area contributed by atoms with Crippen LogP contribution in [0.4, 0.5) is 5.69 Å². The average Bonchev–Trinajstić information content (AvgIpc) is 2.90. The monoisotopic (exact) mass is 320 g/mol. The third kappa shape index (κ3) is 3.06. The zero-order valence-corrected chi connectivity index (χ0v) is 12.9. The molecule has 1 aromatic carbocycles. The summed E-state index contributed by atoms with van der Waals surface area (Å²) in [7, 11) is 0. The van der Waals surface area contributed by atoms with Crippen LogP contribution < -0.4 is 10.9 Å². The van der Waals surface area contributed by atoms with Crippen molar-refractivity contribution in [2.75, 3.05) is 5.32 Å². The highest BCUT2D eigenvalue weighted by molar-refractivity contribution is 7.16. The minimum atomic E-state index is -0.149. The van der Waals surface area contributed by atoms with Gasteiger partial charge in [0.25, 0.3) is 5.56 Å². The first-order valence-electron chi connectivity index (χ1n) is 6.54. The first-order valence-corrected chi connectivity index (χ1v) is 7.73. The lowest BCUT2D eigenvalue weighted by molar-refractivity contribution is 0.846. The summed E-state index contributed by atoms with van der Waals surface area (Å²) in [5.41, 5.74) is 1.48. The van der Waals surface area contributed by atoms with Crippen LogP contribution in [0.3, 0.4) is 0 Å². The molecule has 0 fully saturated rings. The van der Waals surface area contributed by atoms with Crippen LogP contribution in [-0.4, -0.2) is 14.6 Å². The summed E-state index contributed by atoms with van der Waals surface area (Å²) in [6.07, 6.45) is 0.797. The van der Waals surface area contributed by atoms with Crippen molar-refractivity contribution < 1.29 is 0 Å². The highest BCUT2D eigenvalue weighted by Gasteiger charge is 2.07. The van der Waals surface area contributed by atoms with Crippen molar-refractivity contribution in [3.63, 3.8) is 0 Å². The van der Waals surface area contributed by atoms with Gasteiger partial charge in [0.2, 0.25) is 4.96 Å². The van der Waals surface area contributed by atoms with Gasteiger partial charge in [0.15, 0.2) is 0 Å². The standard InChI is InChI=1S/C14H13ClN4OS/c1-2-12-18-19-13(20)7-11(17-14(19)21-12)8-16-10-5-3-9(15)4-6-10/h3-7,16H,2,8H2,1H3. The van der Waals surface area contributed by atoms with Gasteiger partial charge in [-0.15, -0.1) is 0 Å². The lowest BCUT2D eigenvalue weighted by atomic mass is 10.3. The summed E-state index contributed by atoms with van der Waals surface area (Å²) in [4.78, 5) is 17.1. The van der Waals surface area contributed by atoms with Crippen LogP contribution in [0.25, 0.3) is 4.96 Å². The number of aryl methyl sites for hydroxylation is 1. The summed E-state index contributed by atoms with van der Waals surface area (Å²) in [6, 6.07) is 8.90. The molecule has 3 rings (SSSR count). The molecule has 2 aromatic heterocycles. The molecule has 3 aromatic rings. The number of benzene rings is 1. The number of hydrogen-bond acceptors (Lipinski definition) is 5. The molecule has 21 heavy (non-hydrogen) atoms. The Morgan fingerprint density at radius 3 is 2.81 bits per heavy atom. The molecule has 0 spiro atoms. The molecule has 0 saturated carbocycles. The van der Waals surface area contributed by atoms with Gasteiger partial charge in [-0.25, -0.2) is 4.98 Å². The number of nitrogens with zero attached hydrogens (tertiary/aromatic N) is 3. The van der Waals surface area contributed by atoms with Crippen LogP contribution in [0.15, 0.2) is 35.1 Å². The Bertz CT molecular complexity index is 825. The molecule has 0 aliphatic heterocycles. The number of nitrogens with one attached hydrogen (secondary N) is 1. The van der Waals surface area contributed by atoms with Crippen LogP contribution in [-0.2, 0) is 13.0 Å². The maximum Gasteiger partial charge on any atom is 0.275 e. The fourth-order valence-corrected chi connectivity index (χ4v) is 2.87. The molecule has 0 radical (unpaired) electrons. The van der Waals surface area contributed by atoms with Crippen LogP contribution in [0.1, 0.15) is 17.6 Å². The predicted molar refractivity (Wildman–Crippen MR) is 85.3 cm³/mol. The van der Waals surface area contributed by atoms with E-state index in [1.165, 1.54) is 21.9 Å². The third-order valence-electron chi connectivity index (χ3n) is 2.96. The van der Waals surface area contributed by atoms with Gasteiger partial charge >= 0.3 is 0 Å². The molecule has 2 heterocycles. The molecule has 1 N–H and O–H groups in total. The summed E-state index contributed by atoms with van der Waals surface area (Å²) in [5.74, 6) is 0. The maximum absolute atomic E-state index is 12.0. The lowest BCUT2D eigenvalue weighted by Crippen LogP contribution is -2.16. The van der Waals surface area contributed by atoms with E-state index in [1.807, 2.05) is 31.2 Å². The number of rotatable bonds is 4. The fourth-order valence-electron chi connectivity index (χ4n) is 1.89. The zero-order chi connectivity index (χ0) is 14.8. The molecule has 0 unspecified atom stereocenters. The predicted octanol–water partition coefficient (Wildman–Crippen LogP) is 2.98. The zero-order valence-electron chi connectivity index (χ0n) is 11.3. The molecule has 5 nitrogen and oxygen atoms in total. The van der Waals surface area contributed by atoms with Crippen molar-refractivity contribution >= 4 is 33.6 Å². The van der Waals surface area contributed by atoms with E-state index in [2.05, 4.69) is 15.4 Å². The fraction of sp³-hybridized carbons (Fsp3) is 0.214. The van der Waals surface area contributed by atoms with Gasteiger partial charge in [0, 0.05) is 16.8 Å². The van der Waals surface area contributed by atoms with E-state index in [0.717, 1.165) is 17.1 Å². The lowest BCUT2D eigenvalue weighted by Gasteiger charge is -2.05. The second-order valence-electron chi connectivity index (χ2n) is 4.49. The number of anilines is 1. The molecule has 0 atom stereocenters. The Kier molecular flexibility index (Phi) is 3.90. The van der Waals surface area contributed by atoms with Crippen LogP contribution >= 0.6 is 22.9 Å². The molecule has 7 heteroatoms. The third-order valence-corrected chi connectivity index (χ3v) is 4.26. The largest absolute Gasteiger partial charge is 0.379 e. The molecule has 0 saturated heterocycles. The topological polar surface area (TPSA) is 59.3 Å². The van der Waals surface area contributed by atoms with Gasteiger partial charge < -0.3 is 5.32 Å². The van der Waals surface area contributed by atoms with Crippen molar-refractivity contribution in [2.24, 2.45) is 0 Å². The maximum atomic E-state index is 12.0. The highest BCUT2D eigenvalue weighted by atomic mass is 35.5. The summed E-state index contributed by atoms with van der Waals surface area (Å²) < 4.78 is 1.36. The summed E-state index contributed by atoms with van der Waals surface area (Å²) >= 11 is 7.29. The Morgan fingerprint density at radius 2 is 2.10 bits per heavy atom. The quantitative estimate of drug-likeness (QED) is 0.803. The van der Waals surface area contributed by atoms with E-state index in [1.54, 1.807) is 0 Å². The molecule has 0 amide bonds. The normalized spacial score (nSPS) is 11.0. The minimum Gasteiger partial charge on any atom is -0.379 e.